The van der Waals surface area contributed by atoms with Crippen LogP contribution in [0.4, 0.5) is 8.78 Å². The second kappa shape index (κ2) is 4.89. The lowest BCUT2D eigenvalue weighted by Gasteiger charge is -2.18. The Bertz CT molecular complexity index is 361. The van der Waals surface area contributed by atoms with E-state index in [9.17, 15) is 13.9 Å². The lowest BCUT2D eigenvalue weighted by Crippen LogP contribution is -2.19. The van der Waals surface area contributed by atoms with Crippen molar-refractivity contribution in [1.82, 2.24) is 5.32 Å². The minimum Gasteiger partial charge on any atom is -0.387 e. The van der Waals surface area contributed by atoms with E-state index >= 15 is 0 Å². The lowest BCUT2D eigenvalue weighted by molar-refractivity contribution is 0.171. The molecule has 0 aliphatic rings. The minimum absolute atomic E-state index is 0.123. The molecule has 16 heavy (non-hydrogen) atoms. The summed E-state index contributed by atoms with van der Waals surface area (Å²) in [6, 6.07) is 3.95. The maximum absolute atomic E-state index is 13.7. The number of halogens is 2. The number of rotatable bonds is 4. The maximum atomic E-state index is 13.7. The molecule has 0 heterocycles. The topological polar surface area (TPSA) is 32.3 Å². The van der Waals surface area contributed by atoms with Gasteiger partial charge in [0.15, 0.2) is 0 Å². The molecule has 0 bridgehead atoms. The fourth-order valence-corrected chi connectivity index (χ4v) is 1.47. The van der Waals surface area contributed by atoms with Crippen LogP contribution in [0.2, 0.25) is 0 Å². The van der Waals surface area contributed by atoms with Crippen molar-refractivity contribution in [3.8, 4) is 0 Å². The predicted molar refractivity (Wildman–Crippen MR) is 59.4 cm³/mol. The third-order valence-corrected chi connectivity index (χ3v) is 2.44. The molecule has 0 radical (unpaired) electrons. The first-order valence-electron chi connectivity index (χ1n) is 5.17. The van der Waals surface area contributed by atoms with Gasteiger partial charge >= 0.3 is 0 Å². The van der Waals surface area contributed by atoms with E-state index in [0.29, 0.717) is 5.56 Å². The Balaban J connectivity index is 3.09. The Kier molecular flexibility index (Phi) is 3.99. The summed E-state index contributed by atoms with van der Waals surface area (Å²) in [5.41, 5.74) is -1.06. The highest BCUT2D eigenvalue weighted by Crippen LogP contribution is 2.28. The van der Waals surface area contributed by atoms with Crippen LogP contribution in [0.15, 0.2) is 18.2 Å². The van der Waals surface area contributed by atoms with Gasteiger partial charge in [-0.2, -0.15) is 0 Å². The molecule has 0 saturated heterocycles. The van der Waals surface area contributed by atoms with Crippen LogP contribution in [0.3, 0.4) is 0 Å². The van der Waals surface area contributed by atoms with Gasteiger partial charge in [0.2, 0.25) is 0 Å². The molecule has 0 amide bonds. The van der Waals surface area contributed by atoms with Crippen LogP contribution in [-0.4, -0.2) is 18.7 Å². The summed E-state index contributed by atoms with van der Waals surface area (Å²) in [5.74, 6) is -0.518. The molecule has 0 aliphatic heterocycles. The SMILES string of the molecule is CNCC(O)c1cc(C(C)(C)F)ccc1F. The lowest BCUT2D eigenvalue weighted by atomic mass is 9.96. The fraction of sp³-hybridized carbons (Fsp3) is 0.500. The predicted octanol–water partition coefficient (Wildman–Crippen LogP) is 2.28. The first kappa shape index (κ1) is 13.1. The standard InChI is InChI=1S/C12H17F2NO/c1-12(2,14)8-4-5-10(13)9(6-8)11(16)7-15-3/h4-6,11,15-16H,7H2,1-3H3. The second-order valence-corrected chi connectivity index (χ2v) is 4.28. The molecule has 0 spiro atoms. The highest BCUT2D eigenvalue weighted by atomic mass is 19.1. The Morgan fingerprint density at radius 1 is 1.44 bits per heavy atom. The monoisotopic (exact) mass is 229 g/mol. The largest absolute Gasteiger partial charge is 0.387 e. The molecule has 4 heteroatoms. The van der Waals surface area contributed by atoms with Crippen LogP contribution in [-0.2, 0) is 5.67 Å². The van der Waals surface area contributed by atoms with E-state index in [-0.39, 0.29) is 12.1 Å². The summed E-state index contributed by atoms with van der Waals surface area (Å²) >= 11 is 0. The number of aliphatic hydroxyl groups excluding tert-OH is 1. The van der Waals surface area contributed by atoms with Crippen molar-refractivity contribution in [3.05, 3.63) is 35.1 Å². The fourth-order valence-electron chi connectivity index (χ4n) is 1.47. The minimum atomic E-state index is -1.54. The highest BCUT2D eigenvalue weighted by molar-refractivity contribution is 5.30. The molecule has 0 fully saturated rings. The number of benzene rings is 1. The summed E-state index contributed by atoms with van der Waals surface area (Å²) in [5, 5.41) is 12.4. The summed E-state index contributed by atoms with van der Waals surface area (Å²) in [6.45, 7) is 3.02. The van der Waals surface area contributed by atoms with E-state index in [4.69, 9.17) is 0 Å². The van der Waals surface area contributed by atoms with Crippen molar-refractivity contribution in [2.24, 2.45) is 0 Å². The van der Waals surface area contributed by atoms with Gasteiger partial charge in [0.1, 0.15) is 11.5 Å². The van der Waals surface area contributed by atoms with Gasteiger partial charge in [-0.25, -0.2) is 8.78 Å². The molecule has 1 unspecified atom stereocenters. The number of likely N-dealkylation sites (N-methyl/N-ethyl adjacent to an activating group) is 1. The zero-order valence-electron chi connectivity index (χ0n) is 9.72. The van der Waals surface area contributed by atoms with Crippen molar-refractivity contribution in [1.29, 1.82) is 0 Å². The molecule has 2 N–H and O–H groups in total. The van der Waals surface area contributed by atoms with E-state index in [1.54, 1.807) is 7.05 Å². The van der Waals surface area contributed by atoms with Crippen molar-refractivity contribution in [2.75, 3.05) is 13.6 Å². The van der Waals surface area contributed by atoms with Crippen molar-refractivity contribution in [3.63, 3.8) is 0 Å². The van der Waals surface area contributed by atoms with E-state index in [2.05, 4.69) is 5.32 Å². The Labute approximate surface area is 94.3 Å². The molecule has 1 rings (SSSR count). The quantitative estimate of drug-likeness (QED) is 0.830. The average Bonchev–Trinajstić information content (AvgIpc) is 2.16. The molecule has 90 valence electrons. The number of hydrogen-bond acceptors (Lipinski definition) is 2. The Morgan fingerprint density at radius 3 is 2.56 bits per heavy atom. The van der Waals surface area contributed by atoms with E-state index in [1.807, 2.05) is 0 Å². The molecule has 2 nitrogen and oxygen atoms in total. The van der Waals surface area contributed by atoms with E-state index in [0.717, 1.165) is 0 Å². The zero-order chi connectivity index (χ0) is 12.3. The van der Waals surface area contributed by atoms with Crippen LogP contribution < -0.4 is 5.32 Å². The van der Waals surface area contributed by atoms with Crippen molar-refractivity contribution in [2.45, 2.75) is 25.6 Å². The maximum Gasteiger partial charge on any atom is 0.130 e. The number of alkyl halides is 1. The first-order valence-corrected chi connectivity index (χ1v) is 5.17. The molecule has 0 saturated carbocycles. The summed E-state index contributed by atoms with van der Waals surface area (Å²) in [7, 11) is 1.66. The summed E-state index contributed by atoms with van der Waals surface area (Å²) in [4.78, 5) is 0. The van der Waals surface area contributed by atoms with Gasteiger partial charge in [-0.15, -0.1) is 0 Å². The molecule has 1 atom stereocenters. The van der Waals surface area contributed by atoms with Gasteiger partial charge in [-0.1, -0.05) is 6.07 Å². The van der Waals surface area contributed by atoms with Gasteiger partial charge in [-0.05, 0) is 38.6 Å². The van der Waals surface area contributed by atoms with Crippen LogP contribution >= 0.6 is 0 Å². The van der Waals surface area contributed by atoms with Crippen LogP contribution in [0, 0.1) is 5.82 Å². The van der Waals surface area contributed by atoms with Crippen LogP contribution in [0.1, 0.15) is 31.1 Å². The Hall–Kier alpha value is -1.00. The molecule has 0 aliphatic carbocycles. The third kappa shape index (κ3) is 3.00. The average molecular weight is 229 g/mol. The third-order valence-electron chi connectivity index (χ3n) is 2.44. The molecular formula is C12H17F2NO. The van der Waals surface area contributed by atoms with Gasteiger partial charge in [-0.3, -0.25) is 0 Å². The van der Waals surface area contributed by atoms with E-state index in [1.165, 1.54) is 32.0 Å². The van der Waals surface area contributed by atoms with Gasteiger partial charge in [0.05, 0.1) is 6.10 Å². The van der Waals surface area contributed by atoms with Gasteiger partial charge in [0, 0.05) is 12.1 Å². The molecule has 0 aromatic heterocycles. The second-order valence-electron chi connectivity index (χ2n) is 4.28. The highest BCUT2D eigenvalue weighted by Gasteiger charge is 2.22. The number of hydrogen-bond donors (Lipinski definition) is 2. The van der Waals surface area contributed by atoms with Crippen LogP contribution in [0.25, 0.3) is 0 Å². The number of aliphatic hydroxyl groups is 1. The zero-order valence-corrected chi connectivity index (χ0v) is 9.72. The van der Waals surface area contributed by atoms with Crippen LogP contribution in [0.5, 0.6) is 0 Å². The van der Waals surface area contributed by atoms with Crippen molar-refractivity contribution < 1.29 is 13.9 Å². The first-order chi connectivity index (χ1) is 7.36. The molecule has 1 aromatic rings. The number of nitrogens with one attached hydrogen (secondary N) is 1. The van der Waals surface area contributed by atoms with Crippen molar-refractivity contribution >= 4 is 0 Å². The summed E-state index contributed by atoms with van der Waals surface area (Å²) < 4.78 is 27.1. The van der Waals surface area contributed by atoms with Gasteiger partial charge in [0.25, 0.3) is 0 Å². The van der Waals surface area contributed by atoms with Gasteiger partial charge < -0.3 is 10.4 Å². The Morgan fingerprint density at radius 2 is 2.06 bits per heavy atom. The molecular weight excluding hydrogens is 212 g/mol. The molecule has 1 aromatic carbocycles. The normalized spacial score (nSPS) is 13.9. The summed E-state index contributed by atoms with van der Waals surface area (Å²) in [6.07, 6.45) is -0.965. The smallest absolute Gasteiger partial charge is 0.130 e. The van der Waals surface area contributed by atoms with E-state index < -0.39 is 17.6 Å².